The highest BCUT2D eigenvalue weighted by molar-refractivity contribution is 6.06. The van der Waals surface area contributed by atoms with Crippen molar-refractivity contribution in [2.24, 2.45) is 54.7 Å². The van der Waals surface area contributed by atoms with Crippen molar-refractivity contribution in [2.75, 3.05) is 0 Å². The maximum atomic E-state index is 5.47. The number of nitrogens with two attached hydrogens (primary N) is 5. The van der Waals surface area contributed by atoms with E-state index in [1.807, 2.05) is 13.8 Å². The van der Waals surface area contributed by atoms with Gasteiger partial charge in [0.2, 0.25) is 0 Å². The Bertz CT molecular complexity index is 516. The molecule has 136 valence electrons. The van der Waals surface area contributed by atoms with Crippen LogP contribution in [0, 0.1) is 0 Å². The van der Waals surface area contributed by atoms with E-state index in [9.17, 15) is 0 Å². The lowest BCUT2D eigenvalue weighted by molar-refractivity contribution is 0.891. The van der Waals surface area contributed by atoms with Gasteiger partial charge in [-0.3, -0.25) is 0 Å². The minimum absolute atomic E-state index is 0.531. The molecule has 0 saturated carbocycles. The van der Waals surface area contributed by atoms with E-state index in [1.165, 1.54) is 0 Å². The number of hydrogen-bond donors (Lipinski definition) is 5. The molecule has 0 fully saturated rings. The Morgan fingerprint density at radius 1 is 0.542 bits per heavy atom. The van der Waals surface area contributed by atoms with Crippen molar-refractivity contribution in [1.29, 1.82) is 0 Å². The van der Waals surface area contributed by atoms with E-state index in [-0.39, 0.29) is 0 Å². The number of hydrazone groups is 5. The highest BCUT2D eigenvalue weighted by Crippen LogP contribution is 2.08. The molecule has 0 heterocycles. The van der Waals surface area contributed by atoms with Crippen LogP contribution < -0.4 is 29.2 Å². The summed E-state index contributed by atoms with van der Waals surface area (Å²) < 4.78 is 0. The number of rotatable bonds is 11. The van der Waals surface area contributed by atoms with Crippen molar-refractivity contribution in [3.63, 3.8) is 0 Å². The molecular formula is C14H30N10. The maximum Gasteiger partial charge on any atom is 0.0436 e. The van der Waals surface area contributed by atoms with E-state index < -0.39 is 0 Å². The van der Waals surface area contributed by atoms with Gasteiger partial charge < -0.3 is 29.2 Å². The molecule has 0 saturated heterocycles. The van der Waals surface area contributed by atoms with Gasteiger partial charge in [0.15, 0.2) is 0 Å². The summed E-state index contributed by atoms with van der Waals surface area (Å²) in [6.45, 7) is 3.68. The summed E-state index contributed by atoms with van der Waals surface area (Å²) in [5.74, 6) is 26.7. The lowest BCUT2D eigenvalue weighted by Crippen LogP contribution is -2.14. The van der Waals surface area contributed by atoms with E-state index in [0.29, 0.717) is 32.1 Å². The lowest BCUT2D eigenvalue weighted by Gasteiger charge is -2.09. The summed E-state index contributed by atoms with van der Waals surface area (Å²) in [5.41, 5.74) is 4.08. The predicted molar refractivity (Wildman–Crippen MR) is 102 cm³/mol. The minimum atomic E-state index is 0.531. The molecule has 0 radical (unpaired) electrons. The molecule has 24 heavy (non-hydrogen) atoms. The third kappa shape index (κ3) is 9.38. The summed E-state index contributed by atoms with van der Waals surface area (Å²) in [6, 6.07) is 0. The van der Waals surface area contributed by atoms with Crippen LogP contribution in [-0.2, 0) is 0 Å². The van der Waals surface area contributed by atoms with Crippen LogP contribution in [0.5, 0.6) is 0 Å². The molecule has 10 heteroatoms. The standard InChI is InChI=1S/C14H30N10/c1-10(20-15)6-7-14(24-19)9-13(23-18)5-3-4-12(22-17)8-11(2)21-16/h3-9,15-19H2,1-2H3/b20-10-,21-11-,22-12+,23-13-,24-14+. The van der Waals surface area contributed by atoms with E-state index in [2.05, 4.69) is 25.5 Å². The second kappa shape index (κ2) is 12.9. The second-order valence-electron chi connectivity index (χ2n) is 5.52. The Kier molecular flexibility index (Phi) is 11.4. The van der Waals surface area contributed by atoms with Crippen molar-refractivity contribution in [2.45, 2.75) is 58.8 Å². The van der Waals surface area contributed by atoms with Crippen molar-refractivity contribution in [3.8, 4) is 0 Å². The zero-order valence-corrected chi connectivity index (χ0v) is 14.6. The van der Waals surface area contributed by atoms with Gasteiger partial charge >= 0.3 is 0 Å². The third-order valence-electron chi connectivity index (χ3n) is 3.56. The van der Waals surface area contributed by atoms with Crippen LogP contribution in [0.1, 0.15) is 58.8 Å². The normalized spacial score (nSPS) is 15.0. The Morgan fingerprint density at radius 2 is 1.00 bits per heavy atom. The Balaban J connectivity index is 4.41. The average Bonchev–Trinajstić information content (AvgIpc) is 2.61. The zero-order chi connectivity index (χ0) is 18.4. The molecule has 0 aliphatic rings. The first kappa shape index (κ1) is 21.4. The molecule has 0 aromatic heterocycles. The molecule has 0 aromatic rings. The maximum absolute atomic E-state index is 5.47. The van der Waals surface area contributed by atoms with Crippen LogP contribution in [0.3, 0.4) is 0 Å². The molecule has 0 amide bonds. The molecule has 0 bridgehead atoms. The van der Waals surface area contributed by atoms with Crippen LogP contribution >= 0.6 is 0 Å². The van der Waals surface area contributed by atoms with Gasteiger partial charge in [-0.1, -0.05) is 0 Å². The molecule has 10 nitrogen and oxygen atoms in total. The highest BCUT2D eigenvalue weighted by atomic mass is 15.1. The van der Waals surface area contributed by atoms with Gasteiger partial charge in [-0.25, -0.2) is 0 Å². The molecular weight excluding hydrogens is 308 g/mol. The summed E-state index contributed by atoms with van der Waals surface area (Å²) in [6.07, 6.45) is 4.70. The van der Waals surface area contributed by atoms with Crippen LogP contribution in [0.25, 0.3) is 0 Å². The van der Waals surface area contributed by atoms with Crippen LogP contribution in [0.15, 0.2) is 25.5 Å². The van der Waals surface area contributed by atoms with E-state index >= 15 is 0 Å². The van der Waals surface area contributed by atoms with Crippen LogP contribution in [0.2, 0.25) is 0 Å². The minimum Gasteiger partial charge on any atom is -0.323 e. The first-order valence-corrected chi connectivity index (χ1v) is 7.74. The summed E-state index contributed by atoms with van der Waals surface area (Å²) in [7, 11) is 0. The average molecular weight is 338 g/mol. The molecule has 0 atom stereocenters. The monoisotopic (exact) mass is 338 g/mol. The quantitative estimate of drug-likeness (QED) is 0.205. The first-order valence-electron chi connectivity index (χ1n) is 7.74. The summed E-state index contributed by atoms with van der Waals surface area (Å²) in [5, 5.41) is 18.7. The molecule has 0 aliphatic heterocycles. The summed E-state index contributed by atoms with van der Waals surface area (Å²) >= 11 is 0. The fraction of sp³-hybridized carbons (Fsp3) is 0.643. The Hall–Kier alpha value is -2.65. The largest absolute Gasteiger partial charge is 0.323 e. The van der Waals surface area contributed by atoms with Gasteiger partial charge in [0.05, 0.1) is 0 Å². The van der Waals surface area contributed by atoms with Crippen LogP contribution in [0.4, 0.5) is 0 Å². The fourth-order valence-electron chi connectivity index (χ4n) is 2.06. The van der Waals surface area contributed by atoms with Crippen molar-refractivity contribution >= 4 is 28.6 Å². The van der Waals surface area contributed by atoms with Crippen molar-refractivity contribution in [1.82, 2.24) is 0 Å². The van der Waals surface area contributed by atoms with Gasteiger partial charge in [0, 0.05) is 41.4 Å². The SMILES string of the molecule is C/C(CC/C(C/C(CCC/C(C/C(C)=N\N)=N\N)=N\N)=N\N)=N/N. The molecule has 0 aromatic carbocycles. The van der Waals surface area contributed by atoms with Crippen LogP contribution in [-0.4, -0.2) is 28.6 Å². The van der Waals surface area contributed by atoms with E-state index in [1.54, 1.807) is 0 Å². The van der Waals surface area contributed by atoms with Gasteiger partial charge in [0.25, 0.3) is 0 Å². The number of hydrogen-bond acceptors (Lipinski definition) is 10. The smallest absolute Gasteiger partial charge is 0.0436 e. The lowest BCUT2D eigenvalue weighted by atomic mass is 10.0. The van der Waals surface area contributed by atoms with E-state index in [4.69, 9.17) is 29.2 Å². The second-order valence-corrected chi connectivity index (χ2v) is 5.52. The Labute approximate surface area is 143 Å². The van der Waals surface area contributed by atoms with Crippen molar-refractivity contribution in [3.05, 3.63) is 0 Å². The van der Waals surface area contributed by atoms with Gasteiger partial charge in [-0.15, -0.1) is 0 Å². The fourth-order valence-corrected chi connectivity index (χ4v) is 2.06. The van der Waals surface area contributed by atoms with Crippen molar-refractivity contribution < 1.29 is 0 Å². The zero-order valence-electron chi connectivity index (χ0n) is 14.6. The molecule has 10 N–H and O–H groups in total. The topological polar surface area (TPSA) is 192 Å². The number of nitrogens with zero attached hydrogens (tertiary/aromatic N) is 5. The van der Waals surface area contributed by atoms with Gasteiger partial charge in [0.1, 0.15) is 0 Å². The van der Waals surface area contributed by atoms with Gasteiger partial charge in [-0.2, -0.15) is 25.5 Å². The van der Waals surface area contributed by atoms with E-state index in [0.717, 1.165) is 41.4 Å². The first-order chi connectivity index (χ1) is 11.5. The Morgan fingerprint density at radius 3 is 1.46 bits per heavy atom. The highest BCUT2D eigenvalue weighted by Gasteiger charge is 2.09. The van der Waals surface area contributed by atoms with Gasteiger partial charge in [-0.05, 0) is 46.0 Å². The molecule has 0 aliphatic carbocycles. The predicted octanol–water partition coefficient (Wildman–Crippen LogP) is 0.330. The molecule has 0 rings (SSSR count). The molecule has 0 spiro atoms. The molecule has 0 unspecified atom stereocenters. The third-order valence-corrected chi connectivity index (χ3v) is 3.56. The summed E-state index contributed by atoms with van der Waals surface area (Å²) in [4.78, 5) is 0.